The minimum atomic E-state index is -3.44. The summed E-state index contributed by atoms with van der Waals surface area (Å²) in [5.74, 6) is 0. The highest BCUT2D eigenvalue weighted by molar-refractivity contribution is 7.93. The van der Waals surface area contributed by atoms with Gasteiger partial charge in [-0.3, -0.25) is 0 Å². The minimum Gasteiger partial charge on any atom is -0.392 e. The van der Waals surface area contributed by atoms with Crippen molar-refractivity contribution in [3.8, 4) is 0 Å². The Kier molecular flexibility index (Phi) is 8.67. The van der Waals surface area contributed by atoms with Gasteiger partial charge in [-0.1, -0.05) is 26.1 Å². The van der Waals surface area contributed by atoms with E-state index in [0.29, 0.717) is 32.6 Å². The fraction of sp³-hybridized carbons (Fsp3) is 0.900. The van der Waals surface area contributed by atoms with Gasteiger partial charge in [-0.05, 0) is 19.3 Å². The standard InChI is InChI=1S/C10H22N2O3S2/c1-3-7-15-8-5-6-12-17(13,14)9(4-2)10(11)16/h9,12H,3-8H2,1-2H3,(H2,11,16). The van der Waals surface area contributed by atoms with Crippen molar-refractivity contribution >= 4 is 27.2 Å². The summed E-state index contributed by atoms with van der Waals surface area (Å²) in [5, 5.41) is -0.783. The van der Waals surface area contributed by atoms with Gasteiger partial charge in [0.1, 0.15) is 5.25 Å². The fourth-order valence-electron chi connectivity index (χ4n) is 1.31. The molecule has 7 heteroatoms. The Labute approximate surface area is 109 Å². The summed E-state index contributed by atoms with van der Waals surface area (Å²) in [6, 6.07) is 0. The zero-order valence-electron chi connectivity index (χ0n) is 10.4. The van der Waals surface area contributed by atoms with E-state index in [-0.39, 0.29) is 4.99 Å². The first kappa shape index (κ1) is 16.8. The summed E-state index contributed by atoms with van der Waals surface area (Å²) in [6.07, 6.45) is 2.00. The lowest BCUT2D eigenvalue weighted by Crippen LogP contribution is -2.42. The molecule has 0 saturated heterocycles. The van der Waals surface area contributed by atoms with Crippen LogP contribution in [0.5, 0.6) is 0 Å². The molecule has 0 bridgehead atoms. The summed E-state index contributed by atoms with van der Waals surface area (Å²) < 4.78 is 31.3. The van der Waals surface area contributed by atoms with Crippen LogP contribution in [-0.4, -0.2) is 38.4 Å². The number of hydrogen-bond donors (Lipinski definition) is 2. The molecule has 0 heterocycles. The fourth-order valence-corrected chi connectivity index (χ4v) is 3.23. The molecule has 0 aliphatic heterocycles. The van der Waals surface area contributed by atoms with Crippen LogP contribution < -0.4 is 10.5 Å². The Bertz CT molecular complexity index is 318. The average Bonchev–Trinajstić information content (AvgIpc) is 2.23. The van der Waals surface area contributed by atoms with Gasteiger partial charge in [-0.15, -0.1) is 0 Å². The highest BCUT2D eigenvalue weighted by Crippen LogP contribution is 2.04. The number of rotatable bonds is 10. The molecule has 0 saturated carbocycles. The van der Waals surface area contributed by atoms with Crippen LogP contribution in [0.25, 0.3) is 0 Å². The first-order valence-electron chi connectivity index (χ1n) is 5.81. The van der Waals surface area contributed by atoms with Gasteiger partial charge >= 0.3 is 0 Å². The highest BCUT2D eigenvalue weighted by atomic mass is 32.2. The van der Waals surface area contributed by atoms with E-state index in [1.807, 2.05) is 6.92 Å². The number of thiocarbonyl (C=S) groups is 1. The maximum atomic E-state index is 11.8. The minimum absolute atomic E-state index is 0.0160. The van der Waals surface area contributed by atoms with Crippen LogP contribution in [0, 0.1) is 0 Å². The quantitative estimate of drug-likeness (QED) is 0.457. The Balaban J connectivity index is 3.97. The van der Waals surface area contributed by atoms with Crippen molar-refractivity contribution in [2.24, 2.45) is 5.73 Å². The predicted molar refractivity (Wildman–Crippen MR) is 73.5 cm³/mol. The van der Waals surface area contributed by atoms with Crippen molar-refractivity contribution < 1.29 is 13.2 Å². The number of nitrogens with one attached hydrogen (secondary N) is 1. The monoisotopic (exact) mass is 282 g/mol. The molecule has 1 unspecified atom stereocenters. The van der Waals surface area contributed by atoms with Gasteiger partial charge < -0.3 is 10.5 Å². The smallest absolute Gasteiger partial charge is 0.221 e. The van der Waals surface area contributed by atoms with Crippen molar-refractivity contribution in [1.29, 1.82) is 0 Å². The van der Waals surface area contributed by atoms with E-state index in [4.69, 9.17) is 22.7 Å². The second-order valence-corrected chi connectivity index (χ2v) is 6.12. The van der Waals surface area contributed by atoms with Crippen molar-refractivity contribution in [2.45, 2.75) is 38.4 Å². The Morgan fingerprint density at radius 1 is 1.41 bits per heavy atom. The van der Waals surface area contributed by atoms with Crippen LogP contribution in [-0.2, 0) is 14.8 Å². The van der Waals surface area contributed by atoms with E-state index in [1.54, 1.807) is 6.92 Å². The molecule has 5 nitrogen and oxygen atoms in total. The number of sulfonamides is 1. The third-order valence-corrected chi connectivity index (χ3v) is 4.56. The normalized spacial score (nSPS) is 13.5. The van der Waals surface area contributed by atoms with Gasteiger partial charge in [0.15, 0.2) is 0 Å². The number of nitrogens with two attached hydrogens (primary N) is 1. The van der Waals surface area contributed by atoms with Crippen LogP contribution >= 0.6 is 12.2 Å². The molecule has 0 aromatic carbocycles. The molecule has 0 fully saturated rings. The third kappa shape index (κ3) is 6.92. The van der Waals surface area contributed by atoms with Gasteiger partial charge in [0, 0.05) is 19.8 Å². The molecule has 0 amide bonds. The largest absolute Gasteiger partial charge is 0.392 e. The first-order chi connectivity index (χ1) is 7.95. The topological polar surface area (TPSA) is 81.4 Å². The maximum absolute atomic E-state index is 11.8. The SMILES string of the molecule is CCCOCCCNS(=O)(=O)C(CC)C(N)=S. The molecule has 0 rings (SSSR count). The van der Waals surface area contributed by atoms with E-state index in [0.717, 1.165) is 6.42 Å². The Morgan fingerprint density at radius 3 is 2.53 bits per heavy atom. The van der Waals surface area contributed by atoms with E-state index >= 15 is 0 Å². The lowest BCUT2D eigenvalue weighted by molar-refractivity contribution is 0.133. The van der Waals surface area contributed by atoms with Crippen LogP contribution in [0.3, 0.4) is 0 Å². The Hall–Kier alpha value is -0.240. The maximum Gasteiger partial charge on any atom is 0.221 e. The summed E-state index contributed by atoms with van der Waals surface area (Å²) >= 11 is 4.73. The van der Waals surface area contributed by atoms with Crippen molar-refractivity contribution in [3.63, 3.8) is 0 Å². The third-order valence-electron chi connectivity index (χ3n) is 2.18. The molecule has 0 spiro atoms. The van der Waals surface area contributed by atoms with Gasteiger partial charge in [0.2, 0.25) is 10.0 Å². The molecule has 17 heavy (non-hydrogen) atoms. The zero-order chi connectivity index (χ0) is 13.3. The van der Waals surface area contributed by atoms with Gasteiger partial charge in [0.05, 0.1) is 4.99 Å². The molecule has 3 N–H and O–H groups in total. The summed E-state index contributed by atoms with van der Waals surface area (Å²) in [7, 11) is -3.44. The van der Waals surface area contributed by atoms with Gasteiger partial charge in [-0.25, -0.2) is 13.1 Å². The van der Waals surface area contributed by atoms with E-state index < -0.39 is 15.3 Å². The molecule has 0 radical (unpaired) electrons. The highest BCUT2D eigenvalue weighted by Gasteiger charge is 2.25. The average molecular weight is 282 g/mol. The van der Waals surface area contributed by atoms with Gasteiger partial charge in [-0.2, -0.15) is 0 Å². The van der Waals surface area contributed by atoms with Crippen LogP contribution in [0.1, 0.15) is 33.1 Å². The summed E-state index contributed by atoms with van der Waals surface area (Å²) in [5.41, 5.74) is 5.39. The molecule has 0 aliphatic rings. The lowest BCUT2D eigenvalue weighted by atomic mass is 10.3. The molecule has 0 aromatic heterocycles. The van der Waals surface area contributed by atoms with E-state index in [2.05, 4.69) is 4.72 Å². The Morgan fingerprint density at radius 2 is 2.06 bits per heavy atom. The first-order valence-corrected chi connectivity index (χ1v) is 7.76. The molecule has 1 atom stereocenters. The summed E-state index contributed by atoms with van der Waals surface area (Å²) in [4.78, 5) is 0.0160. The molecular weight excluding hydrogens is 260 g/mol. The number of hydrogen-bond acceptors (Lipinski definition) is 4. The van der Waals surface area contributed by atoms with Crippen LogP contribution in [0.4, 0.5) is 0 Å². The second-order valence-electron chi connectivity index (χ2n) is 3.70. The number of ether oxygens (including phenoxy) is 1. The van der Waals surface area contributed by atoms with Crippen LogP contribution in [0.15, 0.2) is 0 Å². The van der Waals surface area contributed by atoms with E-state index in [1.165, 1.54) is 0 Å². The van der Waals surface area contributed by atoms with Crippen molar-refractivity contribution in [3.05, 3.63) is 0 Å². The van der Waals surface area contributed by atoms with Crippen LogP contribution in [0.2, 0.25) is 0 Å². The molecule has 0 aromatic rings. The predicted octanol–water partition coefficient (Wildman–Crippen LogP) is 0.787. The zero-order valence-corrected chi connectivity index (χ0v) is 12.1. The van der Waals surface area contributed by atoms with Gasteiger partial charge in [0.25, 0.3) is 0 Å². The molecule has 102 valence electrons. The van der Waals surface area contributed by atoms with Crippen molar-refractivity contribution in [1.82, 2.24) is 4.72 Å². The molecular formula is C10H22N2O3S2. The second kappa shape index (κ2) is 8.79. The lowest BCUT2D eigenvalue weighted by Gasteiger charge is -2.15. The summed E-state index contributed by atoms with van der Waals surface area (Å²) in [6.45, 7) is 5.38. The van der Waals surface area contributed by atoms with E-state index in [9.17, 15) is 8.42 Å². The van der Waals surface area contributed by atoms with Crippen molar-refractivity contribution in [2.75, 3.05) is 19.8 Å². The molecule has 0 aliphatic carbocycles.